The number of hydrogen-bond acceptors (Lipinski definition) is 7. The van der Waals surface area contributed by atoms with Crippen molar-refractivity contribution in [1.29, 1.82) is 0 Å². The topological polar surface area (TPSA) is 96.0 Å². The minimum Gasteiger partial charge on any atom is -0.459 e. The minimum absolute atomic E-state index is 0.127. The standard InChI is InChI=1S/C29H42ClN3O5S2/c1-5-6-7-8-17-32(21-26(34)38-29(2,3)4)24-15-18-33(19-16-24)40(36,37)27-14-13-25(39-27)20-31-28(35)22-9-11-23(30)12-10-22/h9-14,24H,5-8,15-21H2,1-4H3,(H,31,35). The molecule has 1 aliphatic heterocycles. The van der Waals surface area contributed by atoms with Gasteiger partial charge in [-0.05, 0) is 83.0 Å². The number of nitrogens with zero attached hydrogens (tertiary/aromatic N) is 2. The fourth-order valence-electron chi connectivity index (χ4n) is 4.71. The molecule has 0 spiro atoms. The molecular weight excluding hydrogens is 570 g/mol. The largest absolute Gasteiger partial charge is 0.459 e. The first kappa shape index (κ1) is 32.5. The first-order valence-corrected chi connectivity index (χ1v) is 16.6. The Balaban J connectivity index is 1.57. The van der Waals surface area contributed by atoms with E-state index in [0.29, 0.717) is 36.5 Å². The quantitative estimate of drug-likeness (QED) is 0.230. The summed E-state index contributed by atoms with van der Waals surface area (Å²) >= 11 is 7.05. The number of ether oxygens (including phenoxy) is 1. The Morgan fingerprint density at radius 2 is 1.75 bits per heavy atom. The van der Waals surface area contributed by atoms with Gasteiger partial charge in [0.15, 0.2) is 0 Å². The smallest absolute Gasteiger partial charge is 0.320 e. The van der Waals surface area contributed by atoms with Crippen molar-refractivity contribution in [2.75, 3.05) is 26.2 Å². The summed E-state index contributed by atoms with van der Waals surface area (Å²) in [6.07, 6.45) is 5.72. The van der Waals surface area contributed by atoms with Crippen molar-refractivity contribution in [2.45, 2.75) is 88.6 Å². The van der Waals surface area contributed by atoms with Crippen molar-refractivity contribution in [1.82, 2.24) is 14.5 Å². The van der Waals surface area contributed by atoms with Crippen LogP contribution in [0.1, 0.15) is 81.5 Å². The lowest BCUT2D eigenvalue weighted by atomic mass is 10.0. The Kier molecular flexibility index (Phi) is 12.0. The van der Waals surface area contributed by atoms with Crippen LogP contribution in [0.15, 0.2) is 40.6 Å². The van der Waals surface area contributed by atoms with Crippen LogP contribution in [0.3, 0.4) is 0 Å². The Morgan fingerprint density at radius 3 is 2.38 bits per heavy atom. The molecule has 0 bridgehead atoms. The zero-order valence-corrected chi connectivity index (χ0v) is 26.3. The van der Waals surface area contributed by atoms with Crippen molar-refractivity contribution >= 4 is 44.8 Å². The fourth-order valence-corrected chi connectivity index (χ4v) is 7.76. The third-order valence-corrected chi connectivity index (χ3v) is 10.5. The van der Waals surface area contributed by atoms with Crippen molar-refractivity contribution in [3.05, 3.63) is 51.9 Å². The second kappa shape index (κ2) is 14.8. The molecule has 11 heteroatoms. The molecule has 1 aromatic heterocycles. The lowest BCUT2D eigenvalue weighted by Crippen LogP contribution is -2.48. The van der Waals surface area contributed by atoms with E-state index in [9.17, 15) is 18.0 Å². The third-order valence-electron chi connectivity index (χ3n) is 6.75. The monoisotopic (exact) mass is 611 g/mol. The number of amides is 1. The van der Waals surface area contributed by atoms with Crippen LogP contribution in [0.25, 0.3) is 0 Å². The zero-order valence-electron chi connectivity index (χ0n) is 23.9. The maximum atomic E-state index is 13.4. The van der Waals surface area contributed by atoms with Crippen LogP contribution in [0, 0.1) is 0 Å². The number of halogens is 1. The number of carbonyl (C=O) groups excluding carboxylic acids is 2. The molecule has 2 aromatic rings. The molecule has 222 valence electrons. The SMILES string of the molecule is CCCCCCN(CC(=O)OC(C)(C)C)C1CCN(S(=O)(=O)c2ccc(CNC(=O)c3ccc(Cl)cc3)s2)CC1. The molecule has 1 fully saturated rings. The Hall–Kier alpha value is -1.98. The molecule has 0 saturated carbocycles. The molecule has 0 unspecified atom stereocenters. The lowest BCUT2D eigenvalue weighted by molar-refractivity contribution is -0.157. The number of sulfonamides is 1. The van der Waals surface area contributed by atoms with Gasteiger partial charge < -0.3 is 10.1 Å². The van der Waals surface area contributed by atoms with Gasteiger partial charge in [0, 0.05) is 34.6 Å². The number of rotatable bonds is 13. The summed E-state index contributed by atoms with van der Waals surface area (Å²) in [5, 5.41) is 3.38. The molecule has 3 rings (SSSR count). The van der Waals surface area contributed by atoms with Gasteiger partial charge in [-0.25, -0.2) is 8.42 Å². The zero-order chi connectivity index (χ0) is 29.3. The number of esters is 1. The number of unbranched alkanes of at least 4 members (excludes halogenated alkanes) is 3. The van der Waals surface area contributed by atoms with E-state index < -0.39 is 15.6 Å². The van der Waals surface area contributed by atoms with E-state index >= 15 is 0 Å². The lowest BCUT2D eigenvalue weighted by Gasteiger charge is -2.37. The summed E-state index contributed by atoms with van der Waals surface area (Å²) in [6.45, 7) is 9.81. The molecule has 1 aliphatic rings. The van der Waals surface area contributed by atoms with Crippen LogP contribution in [0.2, 0.25) is 5.02 Å². The van der Waals surface area contributed by atoms with Crippen LogP contribution in [-0.4, -0.2) is 67.3 Å². The van der Waals surface area contributed by atoms with E-state index in [2.05, 4.69) is 17.1 Å². The van der Waals surface area contributed by atoms with Crippen molar-refractivity contribution in [3.8, 4) is 0 Å². The van der Waals surface area contributed by atoms with Crippen molar-refractivity contribution in [2.24, 2.45) is 0 Å². The number of thiophene rings is 1. The van der Waals surface area contributed by atoms with Crippen LogP contribution in [0.5, 0.6) is 0 Å². The molecule has 0 atom stereocenters. The minimum atomic E-state index is -3.64. The van der Waals surface area contributed by atoms with E-state index in [1.165, 1.54) is 15.6 Å². The highest BCUT2D eigenvalue weighted by Crippen LogP contribution is 2.28. The predicted octanol–water partition coefficient (Wildman–Crippen LogP) is 5.71. The summed E-state index contributed by atoms with van der Waals surface area (Å²) in [6, 6.07) is 10.1. The van der Waals surface area contributed by atoms with E-state index in [0.717, 1.165) is 37.1 Å². The summed E-state index contributed by atoms with van der Waals surface area (Å²) in [5.41, 5.74) is -0.0524. The fraction of sp³-hybridized carbons (Fsp3) is 0.586. The van der Waals surface area contributed by atoms with E-state index in [-0.39, 0.29) is 35.2 Å². The molecule has 8 nitrogen and oxygen atoms in total. The molecule has 2 heterocycles. The van der Waals surface area contributed by atoms with Crippen LogP contribution in [-0.2, 0) is 26.1 Å². The van der Waals surface area contributed by atoms with Gasteiger partial charge in [0.25, 0.3) is 15.9 Å². The average Bonchev–Trinajstić information content (AvgIpc) is 3.39. The normalized spacial score (nSPS) is 15.3. The summed E-state index contributed by atoms with van der Waals surface area (Å²) in [7, 11) is -3.64. The molecular formula is C29H42ClN3O5S2. The number of piperidine rings is 1. The van der Waals surface area contributed by atoms with Gasteiger partial charge in [-0.1, -0.05) is 37.8 Å². The van der Waals surface area contributed by atoms with Crippen LogP contribution >= 0.6 is 22.9 Å². The van der Waals surface area contributed by atoms with Crippen LogP contribution in [0.4, 0.5) is 0 Å². The molecule has 0 radical (unpaired) electrons. The van der Waals surface area contributed by atoms with E-state index in [1.54, 1.807) is 36.4 Å². The number of benzene rings is 1. The van der Waals surface area contributed by atoms with E-state index in [1.807, 2.05) is 20.8 Å². The summed E-state index contributed by atoms with van der Waals surface area (Å²) in [5.74, 6) is -0.491. The van der Waals surface area contributed by atoms with Gasteiger partial charge in [-0.3, -0.25) is 14.5 Å². The van der Waals surface area contributed by atoms with Gasteiger partial charge in [0.1, 0.15) is 9.81 Å². The number of hydrogen-bond donors (Lipinski definition) is 1. The average molecular weight is 612 g/mol. The van der Waals surface area contributed by atoms with Gasteiger partial charge >= 0.3 is 5.97 Å². The summed E-state index contributed by atoms with van der Waals surface area (Å²) in [4.78, 5) is 27.9. The highest BCUT2D eigenvalue weighted by atomic mass is 35.5. The molecule has 40 heavy (non-hydrogen) atoms. The van der Waals surface area contributed by atoms with Gasteiger partial charge in [0.2, 0.25) is 0 Å². The van der Waals surface area contributed by atoms with Gasteiger partial charge in [-0.2, -0.15) is 4.31 Å². The van der Waals surface area contributed by atoms with Gasteiger partial charge in [-0.15, -0.1) is 11.3 Å². The third kappa shape index (κ3) is 9.83. The molecule has 0 aliphatic carbocycles. The molecule has 1 amide bonds. The molecule has 1 N–H and O–H groups in total. The van der Waals surface area contributed by atoms with Crippen molar-refractivity contribution < 1.29 is 22.7 Å². The maximum absolute atomic E-state index is 13.4. The Bertz CT molecular complexity index is 1220. The Morgan fingerprint density at radius 1 is 1.07 bits per heavy atom. The number of nitrogens with one attached hydrogen (secondary N) is 1. The first-order chi connectivity index (χ1) is 18.9. The van der Waals surface area contributed by atoms with Crippen molar-refractivity contribution in [3.63, 3.8) is 0 Å². The second-order valence-electron chi connectivity index (χ2n) is 11.2. The van der Waals surface area contributed by atoms with Crippen LogP contribution < -0.4 is 5.32 Å². The summed E-state index contributed by atoms with van der Waals surface area (Å²) < 4.78 is 34.2. The number of carbonyl (C=O) groups is 2. The van der Waals surface area contributed by atoms with Gasteiger partial charge in [0.05, 0.1) is 13.1 Å². The Labute approximate surface area is 248 Å². The highest BCUT2D eigenvalue weighted by molar-refractivity contribution is 7.91. The van der Waals surface area contributed by atoms with E-state index in [4.69, 9.17) is 16.3 Å². The molecule has 1 saturated heterocycles. The molecule has 1 aromatic carbocycles. The predicted molar refractivity (Wildman–Crippen MR) is 160 cm³/mol. The maximum Gasteiger partial charge on any atom is 0.320 e. The highest BCUT2D eigenvalue weighted by Gasteiger charge is 2.33. The first-order valence-electron chi connectivity index (χ1n) is 14.0. The second-order valence-corrected chi connectivity index (χ2v) is 14.9.